The molecule has 0 fully saturated rings. The van der Waals surface area contributed by atoms with Crippen LogP contribution < -0.4 is 5.32 Å². The number of carbonyl (C=O) groups excluding carboxylic acids is 3. The summed E-state index contributed by atoms with van der Waals surface area (Å²) >= 11 is 1.21. The topological polar surface area (TPSA) is 97.5 Å². The molecule has 0 bridgehead atoms. The Kier molecular flexibility index (Phi) is 6.46. The fraction of sp³-hybridized carbons (Fsp3) is 0.190. The number of benzene rings is 1. The molecule has 2 heterocycles. The number of H-pyrrole nitrogens is 1. The summed E-state index contributed by atoms with van der Waals surface area (Å²) in [5.74, 6) is -1.71. The average Bonchev–Trinajstić information content (AvgIpc) is 3.37. The SMILES string of the molecule is CCOC(=O)c1c(-c2ccc(C)cc2)csc1NC(=O)COC(=O)c1ccc[nH]1. The average molecular weight is 412 g/mol. The van der Waals surface area contributed by atoms with Gasteiger partial charge in [0.1, 0.15) is 16.3 Å². The molecule has 0 aliphatic rings. The molecule has 29 heavy (non-hydrogen) atoms. The Labute approximate surface area is 171 Å². The summed E-state index contributed by atoms with van der Waals surface area (Å²) in [4.78, 5) is 39.3. The molecule has 7 nitrogen and oxygen atoms in total. The molecule has 2 aromatic heterocycles. The molecule has 0 saturated carbocycles. The largest absolute Gasteiger partial charge is 0.462 e. The number of aryl methyl sites for hydroxylation is 1. The van der Waals surface area contributed by atoms with Crippen molar-refractivity contribution in [3.05, 3.63) is 64.8 Å². The first-order valence-electron chi connectivity index (χ1n) is 8.95. The second kappa shape index (κ2) is 9.20. The van der Waals surface area contributed by atoms with E-state index in [4.69, 9.17) is 9.47 Å². The van der Waals surface area contributed by atoms with Crippen LogP contribution in [0.1, 0.15) is 33.3 Å². The summed E-state index contributed by atoms with van der Waals surface area (Å²) in [6, 6.07) is 10.9. The smallest absolute Gasteiger partial charge is 0.355 e. The maximum atomic E-state index is 12.5. The third-order valence-corrected chi connectivity index (χ3v) is 4.93. The number of nitrogens with one attached hydrogen (secondary N) is 2. The van der Waals surface area contributed by atoms with Crippen LogP contribution in [0.15, 0.2) is 48.0 Å². The lowest BCUT2D eigenvalue weighted by Crippen LogP contribution is -2.21. The number of amides is 1. The highest BCUT2D eigenvalue weighted by molar-refractivity contribution is 7.15. The fourth-order valence-corrected chi connectivity index (χ4v) is 3.60. The van der Waals surface area contributed by atoms with Gasteiger partial charge in [0.15, 0.2) is 6.61 Å². The molecule has 0 aliphatic heterocycles. The predicted molar refractivity (Wildman–Crippen MR) is 110 cm³/mol. The minimum absolute atomic E-state index is 0.211. The van der Waals surface area contributed by atoms with E-state index in [1.807, 2.05) is 31.2 Å². The van der Waals surface area contributed by atoms with E-state index in [2.05, 4.69) is 10.3 Å². The number of esters is 2. The van der Waals surface area contributed by atoms with Gasteiger partial charge in [0.2, 0.25) is 0 Å². The second-order valence-electron chi connectivity index (χ2n) is 6.15. The zero-order chi connectivity index (χ0) is 20.8. The van der Waals surface area contributed by atoms with Crippen LogP contribution >= 0.6 is 11.3 Å². The Morgan fingerprint density at radius 2 is 1.83 bits per heavy atom. The Morgan fingerprint density at radius 3 is 2.48 bits per heavy atom. The molecule has 3 aromatic rings. The summed E-state index contributed by atoms with van der Waals surface area (Å²) < 4.78 is 10.1. The number of ether oxygens (including phenoxy) is 2. The molecule has 150 valence electrons. The van der Waals surface area contributed by atoms with Crippen molar-refractivity contribution >= 4 is 34.2 Å². The van der Waals surface area contributed by atoms with Crippen LogP contribution in [0, 0.1) is 6.92 Å². The van der Waals surface area contributed by atoms with Crippen molar-refractivity contribution in [1.29, 1.82) is 0 Å². The van der Waals surface area contributed by atoms with E-state index < -0.39 is 24.5 Å². The summed E-state index contributed by atoms with van der Waals surface area (Å²) in [5.41, 5.74) is 3.15. The van der Waals surface area contributed by atoms with Gasteiger partial charge < -0.3 is 19.8 Å². The summed E-state index contributed by atoms with van der Waals surface area (Å²) in [6.07, 6.45) is 1.58. The molecule has 0 atom stereocenters. The molecule has 0 aliphatic carbocycles. The van der Waals surface area contributed by atoms with E-state index >= 15 is 0 Å². The Morgan fingerprint density at radius 1 is 1.07 bits per heavy atom. The van der Waals surface area contributed by atoms with E-state index in [-0.39, 0.29) is 17.9 Å². The Bertz CT molecular complexity index is 1010. The zero-order valence-corrected chi connectivity index (χ0v) is 16.8. The Hall–Kier alpha value is -3.39. The first-order chi connectivity index (χ1) is 14.0. The molecule has 0 radical (unpaired) electrons. The maximum absolute atomic E-state index is 12.5. The molecule has 8 heteroatoms. The number of hydrogen-bond donors (Lipinski definition) is 2. The van der Waals surface area contributed by atoms with E-state index in [1.54, 1.807) is 30.6 Å². The van der Waals surface area contributed by atoms with Crippen molar-refractivity contribution in [2.75, 3.05) is 18.5 Å². The van der Waals surface area contributed by atoms with Gasteiger partial charge in [-0.25, -0.2) is 9.59 Å². The van der Waals surface area contributed by atoms with Gasteiger partial charge in [-0.3, -0.25) is 4.79 Å². The molecule has 1 aromatic carbocycles. The molecule has 0 saturated heterocycles. The molecule has 0 spiro atoms. The maximum Gasteiger partial charge on any atom is 0.355 e. The summed E-state index contributed by atoms with van der Waals surface area (Å²) in [6.45, 7) is 3.43. The van der Waals surface area contributed by atoms with Crippen molar-refractivity contribution in [1.82, 2.24) is 4.98 Å². The lowest BCUT2D eigenvalue weighted by molar-refractivity contribution is -0.119. The van der Waals surface area contributed by atoms with Crippen molar-refractivity contribution in [3.8, 4) is 11.1 Å². The van der Waals surface area contributed by atoms with Gasteiger partial charge in [-0.15, -0.1) is 11.3 Å². The lowest BCUT2D eigenvalue weighted by Gasteiger charge is -2.09. The standard InChI is InChI=1S/C21H20N2O5S/c1-3-27-21(26)18-15(14-8-6-13(2)7-9-14)12-29-19(18)23-17(24)11-28-20(25)16-5-4-10-22-16/h4-10,12,22H,3,11H2,1-2H3,(H,23,24). The van der Waals surface area contributed by atoms with Crippen LogP contribution in [0.5, 0.6) is 0 Å². The molecule has 0 unspecified atom stereocenters. The highest BCUT2D eigenvalue weighted by Crippen LogP contribution is 2.36. The minimum Gasteiger partial charge on any atom is -0.462 e. The van der Waals surface area contributed by atoms with Crippen LogP contribution in [0.25, 0.3) is 11.1 Å². The molecule has 1 amide bonds. The number of rotatable bonds is 7. The minimum atomic E-state index is -0.637. The third-order valence-electron chi connectivity index (χ3n) is 4.04. The third kappa shape index (κ3) is 4.91. The molecular formula is C21H20N2O5S. The quantitative estimate of drug-likeness (QED) is 0.571. The first kappa shape index (κ1) is 20.3. The highest BCUT2D eigenvalue weighted by Gasteiger charge is 2.23. The van der Waals surface area contributed by atoms with E-state index in [1.165, 1.54) is 11.3 Å². The molecular weight excluding hydrogens is 392 g/mol. The second-order valence-corrected chi connectivity index (χ2v) is 7.03. The molecule has 2 N–H and O–H groups in total. The van der Waals surface area contributed by atoms with E-state index in [0.29, 0.717) is 10.6 Å². The van der Waals surface area contributed by atoms with Crippen molar-refractivity contribution < 1.29 is 23.9 Å². The van der Waals surface area contributed by atoms with Crippen LogP contribution in [-0.2, 0) is 14.3 Å². The Balaban J connectivity index is 1.77. The van der Waals surface area contributed by atoms with Gasteiger partial charge in [-0.05, 0) is 31.5 Å². The van der Waals surface area contributed by atoms with Crippen molar-refractivity contribution in [2.24, 2.45) is 0 Å². The van der Waals surface area contributed by atoms with Crippen LogP contribution in [0.2, 0.25) is 0 Å². The summed E-state index contributed by atoms with van der Waals surface area (Å²) in [5, 5.41) is 4.78. The summed E-state index contributed by atoms with van der Waals surface area (Å²) in [7, 11) is 0. The van der Waals surface area contributed by atoms with Crippen molar-refractivity contribution in [2.45, 2.75) is 13.8 Å². The number of aromatic nitrogens is 1. The van der Waals surface area contributed by atoms with E-state index in [9.17, 15) is 14.4 Å². The van der Waals surface area contributed by atoms with Crippen molar-refractivity contribution in [3.63, 3.8) is 0 Å². The zero-order valence-electron chi connectivity index (χ0n) is 16.0. The van der Waals surface area contributed by atoms with Gasteiger partial charge in [0.25, 0.3) is 5.91 Å². The number of thiophene rings is 1. The highest BCUT2D eigenvalue weighted by atomic mass is 32.1. The number of anilines is 1. The van der Waals surface area contributed by atoms with Gasteiger partial charge in [0, 0.05) is 17.1 Å². The van der Waals surface area contributed by atoms with Crippen LogP contribution in [-0.4, -0.2) is 36.0 Å². The fourth-order valence-electron chi connectivity index (χ4n) is 2.63. The van der Waals surface area contributed by atoms with Crippen LogP contribution in [0.3, 0.4) is 0 Å². The lowest BCUT2D eigenvalue weighted by atomic mass is 10.0. The van der Waals surface area contributed by atoms with Gasteiger partial charge in [0.05, 0.1) is 6.61 Å². The van der Waals surface area contributed by atoms with Gasteiger partial charge in [-0.1, -0.05) is 29.8 Å². The van der Waals surface area contributed by atoms with Gasteiger partial charge >= 0.3 is 11.9 Å². The van der Waals surface area contributed by atoms with Crippen LogP contribution in [0.4, 0.5) is 5.00 Å². The van der Waals surface area contributed by atoms with Gasteiger partial charge in [-0.2, -0.15) is 0 Å². The first-order valence-corrected chi connectivity index (χ1v) is 9.83. The van der Waals surface area contributed by atoms with E-state index in [0.717, 1.165) is 11.1 Å². The number of carbonyl (C=O) groups is 3. The normalized spacial score (nSPS) is 10.4. The monoisotopic (exact) mass is 412 g/mol. The number of hydrogen-bond acceptors (Lipinski definition) is 6. The predicted octanol–water partition coefficient (Wildman–Crippen LogP) is 4.02. The number of aromatic amines is 1. The molecule has 3 rings (SSSR count).